The van der Waals surface area contributed by atoms with Crippen molar-refractivity contribution >= 4 is 12.0 Å². The number of carbonyl (C=O) groups is 2. The minimum Gasteiger partial charge on any atom is -0.481 e. The van der Waals surface area contributed by atoms with E-state index < -0.39 is 11.9 Å². The Bertz CT molecular complexity index is 675. The number of halogens is 1. The van der Waals surface area contributed by atoms with Gasteiger partial charge in [0.2, 0.25) is 0 Å². The van der Waals surface area contributed by atoms with Gasteiger partial charge in [-0.25, -0.2) is 9.18 Å². The van der Waals surface area contributed by atoms with Crippen LogP contribution in [0.1, 0.15) is 43.4 Å². The van der Waals surface area contributed by atoms with Gasteiger partial charge < -0.3 is 15.3 Å². The highest BCUT2D eigenvalue weighted by atomic mass is 19.1. The van der Waals surface area contributed by atoms with Crippen molar-refractivity contribution < 1.29 is 19.1 Å². The SMILES string of the molecule is Cc1cc(C(NC(=O)N2CC(C)CC(C(=O)O)C2)C2CC2)ccc1F. The predicted molar refractivity (Wildman–Crippen MR) is 91.6 cm³/mol. The van der Waals surface area contributed by atoms with E-state index >= 15 is 0 Å². The maximum absolute atomic E-state index is 13.5. The summed E-state index contributed by atoms with van der Waals surface area (Å²) in [6.45, 7) is 4.49. The standard InChI is InChI=1S/C19H25FN2O3/c1-11-7-15(18(23)24)10-22(9-11)19(25)21-17(13-3-4-13)14-5-6-16(20)12(2)8-14/h5-6,8,11,13,15,17H,3-4,7,9-10H2,1-2H3,(H,21,25)(H,23,24). The summed E-state index contributed by atoms with van der Waals surface area (Å²) < 4.78 is 13.5. The predicted octanol–water partition coefficient (Wildman–Crippen LogP) is 3.34. The van der Waals surface area contributed by atoms with Crippen LogP contribution < -0.4 is 5.32 Å². The number of urea groups is 1. The second-order valence-corrected chi connectivity index (χ2v) is 7.55. The van der Waals surface area contributed by atoms with Crippen LogP contribution in [0.25, 0.3) is 0 Å². The molecule has 2 amide bonds. The van der Waals surface area contributed by atoms with Crippen LogP contribution in [0.3, 0.4) is 0 Å². The minimum absolute atomic E-state index is 0.146. The van der Waals surface area contributed by atoms with Gasteiger partial charge in [-0.1, -0.05) is 19.1 Å². The van der Waals surface area contributed by atoms with Gasteiger partial charge in [-0.3, -0.25) is 4.79 Å². The van der Waals surface area contributed by atoms with Gasteiger partial charge in [0.05, 0.1) is 12.0 Å². The smallest absolute Gasteiger partial charge is 0.317 e. The van der Waals surface area contributed by atoms with Gasteiger partial charge >= 0.3 is 12.0 Å². The molecule has 1 aliphatic carbocycles. The van der Waals surface area contributed by atoms with Gasteiger partial charge in [0, 0.05) is 13.1 Å². The van der Waals surface area contributed by atoms with Gasteiger partial charge in [-0.2, -0.15) is 0 Å². The number of carboxylic acid groups (broad SMARTS) is 1. The van der Waals surface area contributed by atoms with Crippen molar-refractivity contribution in [2.24, 2.45) is 17.8 Å². The van der Waals surface area contributed by atoms with Crippen LogP contribution in [0.15, 0.2) is 18.2 Å². The first kappa shape index (κ1) is 17.7. The molecule has 2 N–H and O–H groups in total. The molecule has 0 bridgehead atoms. The molecule has 2 fully saturated rings. The van der Waals surface area contributed by atoms with E-state index in [0.29, 0.717) is 24.4 Å². The molecule has 2 aliphatic rings. The van der Waals surface area contributed by atoms with Crippen molar-refractivity contribution in [3.63, 3.8) is 0 Å². The number of benzene rings is 1. The third-order valence-corrected chi connectivity index (χ3v) is 5.21. The first-order chi connectivity index (χ1) is 11.8. The Labute approximate surface area is 147 Å². The molecule has 3 unspecified atom stereocenters. The highest BCUT2D eigenvalue weighted by Gasteiger charge is 2.37. The Morgan fingerprint density at radius 3 is 2.64 bits per heavy atom. The largest absolute Gasteiger partial charge is 0.481 e. The number of likely N-dealkylation sites (tertiary alicyclic amines) is 1. The van der Waals surface area contributed by atoms with Crippen LogP contribution in [0.2, 0.25) is 0 Å². The summed E-state index contributed by atoms with van der Waals surface area (Å²) >= 11 is 0. The molecule has 0 aromatic heterocycles. The normalized spacial score (nSPS) is 24.7. The molecule has 1 heterocycles. The lowest BCUT2D eigenvalue weighted by molar-refractivity contribution is -0.143. The zero-order chi connectivity index (χ0) is 18.1. The summed E-state index contributed by atoms with van der Waals surface area (Å²) in [7, 11) is 0. The van der Waals surface area contributed by atoms with E-state index in [2.05, 4.69) is 5.32 Å². The Kier molecular flexibility index (Phi) is 4.97. The molecule has 0 radical (unpaired) electrons. The number of piperidine rings is 1. The average molecular weight is 348 g/mol. The number of hydrogen-bond donors (Lipinski definition) is 2. The molecule has 3 atom stereocenters. The third kappa shape index (κ3) is 4.11. The summed E-state index contributed by atoms with van der Waals surface area (Å²) in [5.41, 5.74) is 1.48. The van der Waals surface area contributed by atoms with E-state index in [4.69, 9.17) is 0 Å². The average Bonchev–Trinajstić information content (AvgIpc) is 3.39. The topological polar surface area (TPSA) is 69.6 Å². The quantitative estimate of drug-likeness (QED) is 0.877. The summed E-state index contributed by atoms with van der Waals surface area (Å²) in [5, 5.41) is 12.3. The molecular weight excluding hydrogens is 323 g/mol. The van der Waals surface area contributed by atoms with Crippen LogP contribution in [0, 0.1) is 30.5 Å². The van der Waals surface area contributed by atoms with Crippen molar-refractivity contribution in [3.8, 4) is 0 Å². The molecule has 6 heteroatoms. The van der Waals surface area contributed by atoms with E-state index in [1.54, 1.807) is 24.0 Å². The first-order valence-electron chi connectivity index (χ1n) is 8.89. The molecule has 0 spiro atoms. The monoisotopic (exact) mass is 348 g/mol. The van der Waals surface area contributed by atoms with Gasteiger partial charge in [-0.15, -0.1) is 0 Å². The molecular formula is C19H25FN2O3. The molecule has 1 saturated carbocycles. The second-order valence-electron chi connectivity index (χ2n) is 7.55. The van der Waals surface area contributed by atoms with Crippen LogP contribution >= 0.6 is 0 Å². The highest BCUT2D eigenvalue weighted by molar-refractivity contribution is 5.77. The third-order valence-electron chi connectivity index (χ3n) is 5.21. The van der Waals surface area contributed by atoms with Crippen LogP contribution in [0.5, 0.6) is 0 Å². The lowest BCUT2D eigenvalue weighted by Crippen LogP contribution is -2.50. The lowest BCUT2D eigenvalue weighted by Gasteiger charge is -2.35. The molecule has 1 aliphatic heterocycles. The Hall–Kier alpha value is -2.11. The number of aryl methyl sites for hydroxylation is 1. The van der Waals surface area contributed by atoms with Gasteiger partial charge in [0.1, 0.15) is 5.82 Å². The van der Waals surface area contributed by atoms with Crippen molar-refractivity contribution in [2.75, 3.05) is 13.1 Å². The number of carbonyl (C=O) groups excluding carboxylic acids is 1. The van der Waals surface area contributed by atoms with E-state index in [-0.39, 0.29) is 30.4 Å². The van der Waals surface area contributed by atoms with E-state index in [9.17, 15) is 19.1 Å². The number of rotatable bonds is 4. The summed E-state index contributed by atoms with van der Waals surface area (Å²) in [5.74, 6) is -1.09. The van der Waals surface area contributed by atoms with Gasteiger partial charge in [0.15, 0.2) is 0 Å². The van der Waals surface area contributed by atoms with E-state index in [1.165, 1.54) is 6.07 Å². The number of carboxylic acids is 1. The van der Waals surface area contributed by atoms with Crippen LogP contribution in [-0.2, 0) is 4.79 Å². The van der Waals surface area contributed by atoms with E-state index in [1.807, 2.05) is 6.92 Å². The number of hydrogen-bond acceptors (Lipinski definition) is 2. The fourth-order valence-electron chi connectivity index (χ4n) is 3.68. The maximum atomic E-state index is 13.5. The molecule has 3 rings (SSSR count). The number of nitrogens with zero attached hydrogens (tertiary/aromatic N) is 1. The molecule has 5 nitrogen and oxygen atoms in total. The molecule has 1 aromatic carbocycles. The Balaban J connectivity index is 1.72. The molecule has 25 heavy (non-hydrogen) atoms. The number of aliphatic carboxylic acids is 1. The Morgan fingerprint density at radius 2 is 2.04 bits per heavy atom. The fourth-order valence-corrected chi connectivity index (χ4v) is 3.68. The fraction of sp³-hybridized carbons (Fsp3) is 0.579. The van der Waals surface area contributed by atoms with Crippen LogP contribution in [-0.4, -0.2) is 35.1 Å². The van der Waals surface area contributed by atoms with E-state index in [0.717, 1.165) is 18.4 Å². The zero-order valence-electron chi connectivity index (χ0n) is 14.7. The van der Waals surface area contributed by atoms with Crippen molar-refractivity contribution in [3.05, 3.63) is 35.1 Å². The molecule has 1 saturated heterocycles. The van der Waals surface area contributed by atoms with Gasteiger partial charge in [-0.05, 0) is 55.2 Å². The van der Waals surface area contributed by atoms with Crippen molar-refractivity contribution in [2.45, 2.75) is 39.2 Å². The zero-order valence-corrected chi connectivity index (χ0v) is 14.7. The molecule has 136 valence electrons. The van der Waals surface area contributed by atoms with Gasteiger partial charge in [0.25, 0.3) is 0 Å². The highest BCUT2D eigenvalue weighted by Crippen LogP contribution is 2.41. The van der Waals surface area contributed by atoms with Crippen molar-refractivity contribution in [1.82, 2.24) is 10.2 Å². The summed E-state index contributed by atoms with van der Waals surface area (Å²) in [6, 6.07) is 4.58. The maximum Gasteiger partial charge on any atom is 0.317 e. The Morgan fingerprint density at radius 1 is 1.32 bits per heavy atom. The van der Waals surface area contributed by atoms with Crippen LogP contribution in [0.4, 0.5) is 9.18 Å². The first-order valence-corrected chi connectivity index (χ1v) is 8.89. The minimum atomic E-state index is -0.850. The van der Waals surface area contributed by atoms with Crippen molar-refractivity contribution in [1.29, 1.82) is 0 Å². The number of nitrogens with one attached hydrogen (secondary N) is 1. The second kappa shape index (κ2) is 7.02. The summed E-state index contributed by atoms with van der Waals surface area (Å²) in [6.07, 6.45) is 2.67. The molecule has 1 aromatic rings. The number of amides is 2. The summed E-state index contributed by atoms with van der Waals surface area (Å²) in [4.78, 5) is 25.6. The lowest BCUT2D eigenvalue weighted by atomic mass is 9.90.